The van der Waals surface area contributed by atoms with E-state index in [1.54, 1.807) is 41.3 Å². The third kappa shape index (κ3) is 4.98. The molecule has 1 heterocycles. The van der Waals surface area contributed by atoms with Gasteiger partial charge in [0.2, 0.25) is 17.7 Å². The highest BCUT2D eigenvalue weighted by atomic mass is 35.5. The van der Waals surface area contributed by atoms with Gasteiger partial charge in [0.15, 0.2) is 0 Å². The van der Waals surface area contributed by atoms with Crippen molar-refractivity contribution in [3.05, 3.63) is 69.6 Å². The lowest BCUT2D eigenvalue weighted by Crippen LogP contribution is -2.34. The first-order chi connectivity index (χ1) is 14.5. The van der Waals surface area contributed by atoms with Crippen LogP contribution in [0, 0.1) is 10.1 Å². The van der Waals surface area contributed by atoms with E-state index in [-0.39, 0.29) is 29.9 Å². The summed E-state index contributed by atoms with van der Waals surface area (Å²) in [5.41, 5.74) is 0.786. The zero-order valence-corrected chi connectivity index (χ0v) is 17.3. The zero-order chi connectivity index (χ0) is 21.1. The Morgan fingerprint density at radius 2 is 1.87 bits per heavy atom. The van der Waals surface area contributed by atoms with Crippen molar-refractivity contribution < 1.29 is 14.1 Å². The predicted octanol–water partition coefficient (Wildman–Crippen LogP) is 4.58. The molecule has 0 spiro atoms. The summed E-state index contributed by atoms with van der Waals surface area (Å²) < 4.78 is 5.74. The third-order valence-corrected chi connectivity index (χ3v) is 5.83. The van der Waals surface area contributed by atoms with E-state index in [0.717, 1.165) is 23.3 Å². The van der Waals surface area contributed by atoms with Crippen molar-refractivity contribution in [1.29, 1.82) is 0 Å². The maximum Gasteiger partial charge on any atom is 0.269 e. The highest BCUT2D eigenvalue weighted by molar-refractivity contribution is 8.00. The van der Waals surface area contributed by atoms with Gasteiger partial charge in [-0.25, -0.2) is 0 Å². The van der Waals surface area contributed by atoms with Crippen molar-refractivity contribution >= 4 is 35.0 Å². The number of carbonyl (C=O) groups excluding carboxylic acids is 1. The second-order valence-corrected chi connectivity index (χ2v) is 8.29. The molecule has 30 heavy (non-hydrogen) atoms. The SMILES string of the molecule is O=C(CSc1ccc([N+](=O)[O-])cc1)N(Cc1nnc(-c2ccc(Cl)cc2)o1)C1CC1. The van der Waals surface area contributed by atoms with Gasteiger partial charge in [0.25, 0.3) is 5.69 Å². The van der Waals surface area contributed by atoms with Gasteiger partial charge >= 0.3 is 0 Å². The Balaban J connectivity index is 1.38. The lowest BCUT2D eigenvalue weighted by molar-refractivity contribution is -0.384. The van der Waals surface area contributed by atoms with Crippen molar-refractivity contribution in [2.75, 3.05) is 5.75 Å². The van der Waals surface area contributed by atoms with Gasteiger partial charge in [-0.3, -0.25) is 14.9 Å². The molecule has 1 aromatic heterocycles. The van der Waals surface area contributed by atoms with Gasteiger partial charge in [-0.1, -0.05) is 11.6 Å². The molecule has 0 radical (unpaired) electrons. The highest BCUT2D eigenvalue weighted by Crippen LogP contribution is 2.30. The summed E-state index contributed by atoms with van der Waals surface area (Å²) in [5.74, 6) is 0.949. The summed E-state index contributed by atoms with van der Waals surface area (Å²) in [5, 5.41) is 19.5. The molecular weight excluding hydrogens is 428 g/mol. The first kappa shape index (κ1) is 20.4. The monoisotopic (exact) mass is 444 g/mol. The minimum Gasteiger partial charge on any atom is -0.419 e. The Hall–Kier alpha value is -2.91. The van der Waals surface area contributed by atoms with Crippen LogP contribution < -0.4 is 0 Å². The predicted molar refractivity (Wildman–Crippen MR) is 112 cm³/mol. The maximum atomic E-state index is 12.8. The van der Waals surface area contributed by atoms with Gasteiger partial charge in [0.1, 0.15) is 0 Å². The Morgan fingerprint density at radius 3 is 2.50 bits per heavy atom. The van der Waals surface area contributed by atoms with Gasteiger partial charge in [0, 0.05) is 33.7 Å². The van der Waals surface area contributed by atoms with E-state index in [1.807, 2.05) is 0 Å². The van der Waals surface area contributed by atoms with E-state index in [2.05, 4.69) is 10.2 Å². The third-order valence-electron chi connectivity index (χ3n) is 4.58. The fraction of sp³-hybridized carbons (Fsp3) is 0.250. The number of carbonyl (C=O) groups is 1. The van der Waals surface area contributed by atoms with Gasteiger partial charge in [-0.05, 0) is 49.2 Å². The largest absolute Gasteiger partial charge is 0.419 e. The lowest BCUT2D eigenvalue weighted by atomic mass is 10.2. The summed E-state index contributed by atoms with van der Waals surface area (Å²) >= 11 is 7.25. The van der Waals surface area contributed by atoms with Crippen LogP contribution in [0.4, 0.5) is 5.69 Å². The molecule has 1 amide bonds. The van der Waals surface area contributed by atoms with Crippen LogP contribution in [0.15, 0.2) is 57.8 Å². The lowest BCUT2D eigenvalue weighted by Gasteiger charge is -2.20. The number of rotatable bonds is 8. The Morgan fingerprint density at radius 1 is 1.17 bits per heavy atom. The molecule has 0 unspecified atom stereocenters. The Kier molecular flexibility index (Phi) is 6.01. The minimum atomic E-state index is -0.447. The number of thioether (sulfide) groups is 1. The molecule has 2 aromatic carbocycles. The first-order valence-electron chi connectivity index (χ1n) is 9.24. The summed E-state index contributed by atoms with van der Waals surface area (Å²) in [6.45, 7) is 0.255. The molecule has 0 saturated heterocycles. The molecule has 3 aromatic rings. The van der Waals surface area contributed by atoms with E-state index in [0.29, 0.717) is 16.8 Å². The second kappa shape index (κ2) is 8.85. The zero-order valence-electron chi connectivity index (χ0n) is 15.7. The number of halogens is 1. The normalized spacial score (nSPS) is 13.2. The maximum absolute atomic E-state index is 12.8. The molecule has 0 N–H and O–H groups in total. The van der Waals surface area contributed by atoms with E-state index < -0.39 is 4.92 Å². The van der Waals surface area contributed by atoms with Crippen molar-refractivity contribution in [1.82, 2.24) is 15.1 Å². The fourth-order valence-corrected chi connectivity index (χ4v) is 3.78. The molecule has 0 atom stereocenters. The van der Waals surface area contributed by atoms with E-state index in [1.165, 1.54) is 23.9 Å². The van der Waals surface area contributed by atoms with Crippen LogP contribution in [-0.4, -0.2) is 37.7 Å². The van der Waals surface area contributed by atoms with Gasteiger partial charge in [-0.2, -0.15) is 0 Å². The van der Waals surface area contributed by atoms with Crippen molar-refractivity contribution in [2.45, 2.75) is 30.3 Å². The smallest absolute Gasteiger partial charge is 0.269 e. The molecule has 1 aliphatic carbocycles. The van der Waals surface area contributed by atoms with Crippen LogP contribution >= 0.6 is 23.4 Å². The van der Waals surface area contributed by atoms with Crippen LogP contribution in [0.3, 0.4) is 0 Å². The Labute approximate surface area is 181 Å². The number of hydrogen-bond donors (Lipinski definition) is 0. The molecule has 154 valence electrons. The van der Waals surface area contributed by atoms with E-state index >= 15 is 0 Å². The number of aromatic nitrogens is 2. The molecule has 10 heteroatoms. The van der Waals surface area contributed by atoms with Gasteiger partial charge < -0.3 is 9.32 Å². The molecule has 1 aliphatic rings. The number of benzene rings is 2. The van der Waals surface area contributed by atoms with Crippen LogP contribution in [-0.2, 0) is 11.3 Å². The minimum absolute atomic E-state index is 0.0261. The van der Waals surface area contributed by atoms with E-state index in [4.69, 9.17) is 16.0 Å². The van der Waals surface area contributed by atoms with Crippen LogP contribution in [0.5, 0.6) is 0 Å². The molecule has 0 bridgehead atoms. The van der Waals surface area contributed by atoms with Gasteiger partial charge in [-0.15, -0.1) is 22.0 Å². The number of amides is 1. The van der Waals surface area contributed by atoms with Crippen LogP contribution in [0.2, 0.25) is 5.02 Å². The number of nitrogens with zero attached hydrogens (tertiary/aromatic N) is 4. The van der Waals surface area contributed by atoms with Crippen molar-refractivity contribution in [3.63, 3.8) is 0 Å². The second-order valence-electron chi connectivity index (χ2n) is 6.80. The number of non-ortho nitro benzene ring substituents is 1. The van der Waals surface area contributed by atoms with Crippen molar-refractivity contribution in [3.8, 4) is 11.5 Å². The summed E-state index contributed by atoms with van der Waals surface area (Å²) in [6, 6.07) is 13.4. The fourth-order valence-electron chi connectivity index (χ4n) is 2.87. The van der Waals surface area contributed by atoms with Crippen molar-refractivity contribution in [2.24, 2.45) is 0 Å². The molecule has 1 saturated carbocycles. The topological polar surface area (TPSA) is 102 Å². The number of nitro benzene ring substituents is 1. The Bertz CT molecular complexity index is 1050. The standard InChI is InChI=1S/C20H17ClN4O4S/c21-14-3-1-13(2-4-14)20-23-22-18(29-20)11-24(15-5-6-15)19(26)12-30-17-9-7-16(8-10-17)25(27)28/h1-4,7-10,15H,5-6,11-12H2. The van der Waals surface area contributed by atoms with Crippen LogP contribution in [0.1, 0.15) is 18.7 Å². The summed E-state index contributed by atoms with van der Waals surface area (Å²) in [7, 11) is 0. The van der Waals surface area contributed by atoms with E-state index in [9.17, 15) is 14.9 Å². The summed E-state index contributed by atoms with van der Waals surface area (Å²) in [6.07, 6.45) is 1.90. The first-order valence-corrected chi connectivity index (χ1v) is 10.6. The van der Waals surface area contributed by atoms with Gasteiger partial charge in [0.05, 0.1) is 17.2 Å². The number of nitro groups is 1. The highest BCUT2D eigenvalue weighted by Gasteiger charge is 2.33. The molecule has 1 fully saturated rings. The molecular formula is C20H17ClN4O4S. The van der Waals surface area contributed by atoms with Crippen LogP contribution in [0.25, 0.3) is 11.5 Å². The quantitative estimate of drug-likeness (QED) is 0.284. The summed E-state index contributed by atoms with van der Waals surface area (Å²) in [4.78, 5) is 25.6. The molecule has 4 rings (SSSR count). The average Bonchev–Trinajstić information content (AvgIpc) is 3.48. The molecule has 0 aliphatic heterocycles. The molecule has 8 nitrogen and oxygen atoms in total. The average molecular weight is 445 g/mol. The number of hydrogen-bond acceptors (Lipinski definition) is 7.